The van der Waals surface area contributed by atoms with Gasteiger partial charge in [0.15, 0.2) is 11.0 Å². The fourth-order valence-corrected chi connectivity index (χ4v) is 3.24. The van der Waals surface area contributed by atoms with Crippen LogP contribution in [0, 0.1) is 13.8 Å². The first-order valence-electron chi connectivity index (χ1n) is 7.71. The van der Waals surface area contributed by atoms with Crippen molar-refractivity contribution in [2.24, 2.45) is 0 Å². The number of benzene rings is 1. The van der Waals surface area contributed by atoms with Crippen LogP contribution < -0.4 is 0 Å². The topological polar surface area (TPSA) is 66.0 Å². The van der Waals surface area contributed by atoms with E-state index >= 15 is 0 Å². The van der Waals surface area contributed by atoms with E-state index in [0.717, 1.165) is 28.0 Å². The van der Waals surface area contributed by atoms with Crippen molar-refractivity contribution in [2.75, 3.05) is 13.7 Å². The smallest absolute Gasteiger partial charge is 0.192 e. The SMILES string of the molecule is COCCn1c(SCc2cc(C)no2)nnc1-c1cccc(C)c1. The Morgan fingerprint density at radius 1 is 1.21 bits per heavy atom. The van der Waals surface area contributed by atoms with E-state index in [1.807, 2.05) is 19.1 Å². The minimum absolute atomic E-state index is 0.603. The molecule has 0 amide bonds. The van der Waals surface area contributed by atoms with Crippen LogP contribution in [0.25, 0.3) is 11.4 Å². The summed E-state index contributed by atoms with van der Waals surface area (Å²) in [6, 6.07) is 10.2. The molecule has 0 spiro atoms. The number of hydrogen-bond acceptors (Lipinski definition) is 6. The summed E-state index contributed by atoms with van der Waals surface area (Å²) in [5.41, 5.74) is 3.13. The fraction of sp³-hybridized carbons (Fsp3) is 0.353. The molecular formula is C17H20N4O2S. The first-order valence-corrected chi connectivity index (χ1v) is 8.70. The van der Waals surface area contributed by atoms with Gasteiger partial charge in [-0.1, -0.05) is 40.7 Å². The molecule has 0 aliphatic carbocycles. The Balaban J connectivity index is 1.85. The first-order chi connectivity index (χ1) is 11.7. The van der Waals surface area contributed by atoms with Gasteiger partial charge >= 0.3 is 0 Å². The molecule has 24 heavy (non-hydrogen) atoms. The van der Waals surface area contributed by atoms with Gasteiger partial charge in [-0.25, -0.2) is 0 Å². The van der Waals surface area contributed by atoms with Crippen molar-refractivity contribution in [2.45, 2.75) is 31.3 Å². The van der Waals surface area contributed by atoms with Crippen LogP contribution in [0.5, 0.6) is 0 Å². The van der Waals surface area contributed by atoms with Crippen molar-refractivity contribution in [3.8, 4) is 11.4 Å². The molecule has 6 nitrogen and oxygen atoms in total. The maximum Gasteiger partial charge on any atom is 0.192 e. The van der Waals surface area contributed by atoms with Gasteiger partial charge in [-0.15, -0.1) is 10.2 Å². The highest BCUT2D eigenvalue weighted by Crippen LogP contribution is 2.27. The van der Waals surface area contributed by atoms with Gasteiger partial charge in [0.2, 0.25) is 0 Å². The van der Waals surface area contributed by atoms with Crippen LogP contribution in [0.1, 0.15) is 17.0 Å². The molecule has 0 radical (unpaired) electrons. The third kappa shape index (κ3) is 3.85. The van der Waals surface area contributed by atoms with Gasteiger partial charge in [0, 0.05) is 18.7 Å². The summed E-state index contributed by atoms with van der Waals surface area (Å²) >= 11 is 1.58. The van der Waals surface area contributed by atoms with Gasteiger partial charge in [-0.05, 0) is 19.9 Å². The second-order valence-corrected chi connectivity index (χ2v) is 6.49. The molecule has 2 heterocycles. The molecule has 2 aromatic heterocycles. The molecule has 0 aliphatic heterocycles. The van der Waals surface area contributed by atoms with Crippen LogP contribution in [0.4, 0.5) is 0 Å². The van der Waals surface area contributed by atoms with Gasteiger partial charge in [-0.2, -0.15) is 0 Å². The van der Waals surface area contributed by atoms with Crippen molar-refractivity contribution < 1.29 is 9.26 Å². The molecule has 0 saturated heterocycles. The van der Waals surface area contributed by atoms with Crippen molar-refractivity contribution >= 4 is 11.8 Å². The Kier molecular flexibility index (Phi) is 5.32. The van der Waals surface area contributed by atoms with Gasteiger partial charge < -0.3 is 9.26 Å². The number of aromatic nitrogens is 4. The lowest BCUT2D eigenvalue weighted by Crippen LogP contribution is -2.07. The number of thioether (sulfide) groups is 1. The number of rotatable bonds is 7. The fourth-order valence-electron chi connectivity index (χ4n) is 2.40. The normalized spacial score (nSPS) is 11.1. The van der Waals surface area contributed by atoms with Gasteiger partial charge in [0.05, 0.1) is 24.6 Å². The molecule has 7 heteroatoms. The molecule has 0 saturated carbocycles. The average molecular weight is 344 g/mol. The van der Waals surface area contributed by atoms with Crippen LogP contribution in [0.2, 0.25) is 0 Å². The maximum atomic E-state index is 5.26. The van der Waals surface area contributed by atoms with Crippen LogP contribution in [0.3, 0.4) is 0 Å². The molecule has 0 fully saturated rings. The Labute approximate surface area is 145 Å². The second kappa shape index (κ2) is 7.63. The monoisotopic (exact) mass is 344 g/mol. The van der Waals surface area contributed by atoms with Crippen molar-refractivity contribution in [1.29, 1.82) is 0 Å². The maximum absolute atomic E-state index is 5.26. The van der Waals surface area contributed by atoms with Gasteiger partial charge in [0.1, 0.15) is 5.76 Å². The van der Waals surface area contributed by atoms with E-state index < -0.39 is 0 Å². The quantitative estimate of drug-likeness (QED) is 0.611. The minimum Gasteiger partial charge on any atom is -0.383 e. The summed E-state index contributed by atoms with van der Waals surface area (Å²) < 4.78 is 12.6. The predicted molar refractivity (Wildman–Crippen MR) is 92.9 cm³/mol. The summed E-state index contributed by atoms with van der Waals surface area (Å²) in [7, 11) is 1.70. The Bertz CT molecular complexity index is 813. The lowest BCUT2D eigenvalue weighted by molar-refractivity contribution is 0.185. The minimum atomic E-state index is 0.603. The van der Waals surface area contributed by atoms with Crippen LogP contribution in [0.15, 0.2) is 40.0 Å². The number of ether oxygens (including phenoxy) is 1. The Hall–Kier alpha value is -2.12. The van der Waals surface area contributed by atoms with E-state index in [1.165, 1.54) is 5.56 Å². The Morgan fingerprint density at radius 2 is 2.08 bits per heavy atom. The summed E-state index contributed by atoms with van der Waals surface area (Å²) in [5.74, 6) is 2.35. The molecular weight excluding hydrogens is 324 g/mol. The van der Waals surface area contributed by atoms with E-state index in [-0.39, 0.29) is 0 Å². The van der Waals surface area contributed by atoms with Gasteiger partial charge in [-0.3, -0.25) is 4.57 Å². The molecule has 126 valence electrons. The molecule has 1 aromatic carbocycles. The molecule has 0 N–H and O–H groups in total. The standard InChI is InChI=1S/C17H20N4O2S/c1-12-5-4-6-14(9-12)16-18-19-17(21(16)7-8-22-3)24-11-15-10-13(2)20-23-15/h4-6,9-10H,7-8,11H2,1-3H3. The summed E-state index contributed by atoms with van der Waals surface area (Å²) in [6.07, 6.45) is 0. The lowest BCUT2D eigenvalue weighted by Gasteiger charge is -2.09. The zero-order valence-electron chi connectivity index (χ0n) is 14.0. The zero-order valence-corrected chi connectivity index (χ0v) is 14.8. The molecule has 0 unspecified atom stereocenters. The summed E-state index contributed by atoms with van der Waals surface area (Å²) in [4.78, 5) is 0. The zero-order chi connectivity index (χ0) is 16.9. The summed E-state index contributed by atoms with van der Waals surface area (Å²) in [6.45, 7) is 5.28. The number of hydrogen-bond donors (Lipinski definition) is 0. The number of aryl methyl sites for hydroxylation is 2. The van der Waals surface area contributed by atoms with E-state index in [1.54, 1.807) is 18.9 Å². The number of nitrogens with zero attached hydrogens (tertiary/aromatic N) is 4. The van der Waals surface area contributed by atoms with E-state index in [4.69, 9.17) is 9.26 Å². The molecule has 3 aromatic rings. The predicted octanol–water partition coefficient (Wildman–Crippen LogP) is 3.49. The van der Waals surface area contributed by atoms with Crippen molar-refractivity contribution in [3.05, 3.63) is 47.3 Å². The highest BCUT2D eigenvalue weighted by molar-refractivity contribution is 7.98. The van der Waals surface area contributed by atoms with Crippen LogP contribution in [-0.2, 0) is 17.0 Å². The summed E-state index contributed by atoms with van der Waals surface area (Å²) in [5, 5.41) is 13.5. The van der Waals surface area contributed by atoms with Crippen LogP contribution >= 0.6 is 11.8 Å². The van der Waals surface area contributed by atoms with Crippen molar-refractivity contribution in [3.63, 3.8) is 0 Å². The highest BCUT2D eigenvalue weighted by atomic mass is 32.2. The van der Waals surface area contributed by atoms with Crippen molar-refractivity contribution in [1.82, 2.24) is 19.9 Å². The highest BCUT2D eigenvalue weighted by Gasteiger charge is 2.15. The number of methoxy groups -OCH3 is 1. The molecule has 0 atom stereocenters. The third-order valence-electron chi connectivity index (χ3n) is 3.53. The van der Waals surface area contributed by atoms with Crippen LogP contribution in [-0.4, -0.2) is 33.6 Å². The largest absolute Gasteiger partial charge is 0.383 e. The molecule has 0 aliphatic rings. The molecule has 3 rings (SSSR count). The Morgan fingerprint density at radius 3 is 2.79 bits per heavy atom. The second-order valence-electron chi connectivity index (χ2n) is 5.54. The van der Waals surface area contributed by atoms with Gasteiger partial charge in [0.25, 0.3) is 0 Å². The lowest BCUT2D eigenvalue weighted by atomic mass is 10.1. The van der Waals surface area contributed by atoms with E-state index in [2.05, 4.69) is 45.0 Å². The van der Waals surface area contributed by atoms with E-state index in [0.29, 0.717) is 18.9 Å². The molecule has 0 bridgehead atoms. The third-order valence-corrected chi connectivity index (χ3v) is 4.52. The van der Waals surface area contributed by atoms with E-state index in [9.17, 15) is 0 Å². The first kappa shape index (κ1) is 16.7. The average Bonchev–Trinajstić information content (AvgIpc) is 3.17.